The first kappa shape index (κ1) is 15.7. The van der Waals surface area contributed by atoms with Crippen LogP contribution in [0.2, 0.25) is 0 Å². The molecule has 2 aromatic heterocycles. The fourth-order valence-electron chi connectivity index (χ4n) is 1.95. The number of aromatic nitrogens is 3. The molecule has 0 spiro atoms. The van der Waals surface area contributed by atoms with Crippen LogP contribution in [0.5, 0.6) is 0 Å². The summed E-state index contributed by atoms with van der Waals surface area (Å²) in [6.07, 6.45) is 0. The molecule has 2 heterocycles. The van der Waals surface area contributed by atoms with Gasteiger partial charge in [-0.25, -0.2) is 9.67 Å². The van der Waals surface area contributed by atoms with E-state index in [4.69, 9.17) is 4.98 Å². The maximum atomic E-state index is 4.79. The van der Waals surface area contributed by atoms with Crippen LogP contribution in [0.1, 0.15) is 65.9 Å². The first-order chi connectivity index (χ1) is 8.80. The van der Waals surface area contributed by atoms with Gasteiger partial charge in [-0.05, 0) is 32.9 Å². The summed E-state index contributed by atoms with van der Waals surface area (Å²) in [7, 11) is 0. The van der Waals surface area contributed by atoms with E-state index in [1.165, 1.54) is 0 Å². The van der Waals surface area contributed by atoms with Crippen molar-refractivity contribution >= 4 is 11.0 Å². The fraction of sp³-hybridized carbons (Fsp3) is 0.625. The van der Waals surface area contributed by atoms with Crippen molar-refractivity contribution in [1.29, 1.82) is 0 Å². The van der Waals surface area contributed by atoms with Gasteiger partial charge in [0.1, 0.15) is 0 Å². The Hall–Kier alpha value is -1.38. The van der Waals surface area contributed by atoms with Gasteiger partial charge >= 0.3 is 0 Å². The highest BCUT2D eigenvalue weighted by Gasteiger charge is 2.18. The number of hydrogen-bond donors (Lipinski definition) is 0. The van der Waals surface area contributed by atoms with Gasteiger partial charge in [-0.2, -0.15) is 5.10 Å². The molecular formula is C16H27N3. The Morgan fingerprint density at radius 2 is 1.68 bits per heavy atom. The predicted octanol–water partition coefficient (Wildman–Crippen LogP) is 4.64. The van der Waals surface area contributed by atoms with Gasteiger partial charge in [0.15, 0.2) is 5.65 Å². The second kappa shape index (κ2) is 5.72. The van der Waals surface area contributed by atoms with Crippen molar-refractivity contribution in [2.75, 3.05) is 0 Å². The van der Waals surface area contributed by atoms with Gasteiger partial charge in [0.05, 0.1) is 5.69 Å². The smallest absolute Gasteiger partial charge is 0.158 e. The molecule has 0 amide bonds. The predicted molar refractivity (Wildman–Crippen MR) is 82.7 cm³/mol. The molecule has 0 aromatic carbocycles. The topological polar surface area (TPSA) is 30.7 Å². The zero-order chi connectivity index (χ0) is 14.8. The first-order valence-electron chi connectivity index (χ1n) is 7.17. The van der Waals surface area contributed by atoms with E-state index in [-0.39, 0.29) is 5.41 Å². The number of hydrogen-bond acceptors (Lipinski definition) is 2. The zero-order valence-corrected chi connectivity index (χ0v) is 13.6. The summed E-state index contributed by atoms with van der Waals surface area (Å²) < 4.78 is 2.01. The van der Waals surface area contributed by atoms with Crippen LogP contribution in [0, 0.1) is 6.92 Å². The largest absolute Gasteiger partial charge is 0.245 e. The summed E-state index contributed by atoms with van der Waals surface area (Å²) >= 11 is 0. The highest BCUT2D eigenvalue weighted by atomic mass is 15.3. The standard InChI is InChI=1S/C14H21N3.C2H6/c1-9(2)17-13-11(10(3)16-17)7-8-12(15-13)14(4,5)6;1-2/h7-9H,1-6H3;1-2H3. The van der Waals surface area contributed by atoms with Crippen molar-refractivity contribution in [3.63, 3.8) is 0 Å². The highest BCUT2D eigenvalue weighted by Crippen LogP contribution is 2.25. The summed E-state index contributed by atoms with van der Waals surface area (Å²) in [5.74, 6) is 0. The number of fused-ring (bicyclic) bond motifs is 1. The minimum absolute atomic E-state index is 0.0776. The van der Waals surface area contributed by atoms with Crippen molar-refractivity contribution in [2.24, 2.45) is 0 Å². The molecule has 0 saturated heterocycles. The molecule has 0 aliphatic rings. The van der Waals surface area contributed by atoms with Gasteiger partial charge in [-0.3, -0.25) is 0 Å². The molecule has 19 heavy (non-hydrogen) atoms. The number of rotatable bonds is 1. The Labute approximate surface area is 117 Å². The van der Waals surface area contributed by atoms with Crippen LogP contribution >= 0.6 is 0 Å². The van der Waals surface area contributed by atoms with Crippen LogP contribution in [0.3, 0.4) is 0 Å². The van der Waals surface area contributed by atoms with Gasteiger partial charge < -0.3 is 0 Å². The molecule has 0 N–H and O–H groups in total. The normalized spacial score (nSPS) is 11.6. The lowest BCUT2D eigenvalue weighted by atomic mass is 9.91. The van der Waals surface area contributed by atoms with E-state index in [2.05, 4.69) is 51.9 Å². The van der Waals surface area contributed by atoms with Gasteiger partial charge in [0, 0.05) is 22.5 Å². The van der Waals surface area contributed by atoms with Gasteiger partial charge in [-0.15, -0.1) is 0 Å². The van der Waals surface area contributed by atoms with E-state index in [1.54, 1.807) is 0 Å². The van der Waals surface area contributed by atoms with E-state index in [0.717, 1.165) is 22.4 Å². The van der Waals surface area contributed by atoms with Crippen LogP contribution in [-0.4, -0.2) is 14.8 Å². The van der Waals surface area contributed by atoms with Crippen molar-refractivity contribution in [3.05, 3.63) is 23.5 Å². The molecule has 2 rings (SSSR count). The molecule has 0 saturated carbocycles. The quantitative estimate of drug-likeness (QED) is 0.748. The molecule has 2 aromatic rings. The Bertz CT molecular complexity index is 545. The Balaban J connectivity index is 0.000000861. The lowest BCUT2D eigenvalue weighted by molar-refractivity contribution is 0.534. The van der Waals surface area contributed by atoms with E-state index < -0.39 is 0 Å². The van der Waals surface area contributed by atoms with Gasteiger partial charge in [0.2, 0.25) is 0 Å². The van der Waals surface area contributed by atoms with Crippen molar-refractivity contribution < 1.29 is 0 Å². The molecule has 0 aliphatic carbocycles. The van der Waals surface area contributed by atoms with Gasteiger partial charge in [-0.1, -0.05) is 34.6 Å². The van der Waals surface area contributed by atoms with E-state index in [9.17, 15) is 0 Å². The van der Waals surface area contributed by atoms with Crippen molar-refractivity contribution in [2.45, 2.75) is 66.8 Å². The summed E-state index contributed by atoms with van der Waals surface area (Å²) in [6.45, 7) is 16.9. The Kier molecular flexibility index (Phi) is 4.72. The van der Waals surface area contributed by atoms with E-state index in [0.29, 0.717) is 6.04 Å². The maximum absolute atomic E-state index is 4.79. The molecule has 3 nitrogen and oxygen atoms in total. The fourth-order valence-corrected chi connectivity index (χ4v) is 1.95. The SMILES string of the molecule is CC.Cc1nn(C(C)C)c2nc(C(C)(C)C)ccc12. The number of pyridine rings is 1. The summed E-state index contributed by atoms with van der Waals surface area (Å²) in [4.78, 5) is 4.79. The average Bonchev–Trinajstić information content (AvgIpc) is 2.68. The van der Waals surface area contributed by atoms with E-state index >= 15 is 0 Å². The number of aryl methyl sites for hydroxylation is 1. The third-order valence-corrected chi connectivity index (χ3v) is 3.00. The Morgan fingerprint density at radius 3 is 2.16 bits per heavy atom. The molecule has 0 atom stereocenters. The van der Waals surface area contributed by atoms with Gasteiger partial charge in [0.25, 0.3) is 0 Å². The van der Waals surface area contributed by atoms with Crippen LogP contribution in [0.15, 0.2) is 12.1 Å². The molecule has 0 aliphatic heterocycles. The van der Waals surface area contributed by atoms with Crippen molar-refractivity contribution in [1.82, 2.24) is 14.8 Å². The van der Waals surface area contributed by atoms with E-state index in [1.807, 2.05) is 25.5 Å². The molecule has 0 unspecified atom stereocenters. The molecule has 106 valence electrons. The van der Waals surface area contributed by atoms with Crippen LogP contribution in [0.4, 0.5) is 0 Å². The lowest BCUT2D eigenvalue weighted by Crippen LogP contribution is -2.14. The minimum atomic E-state index is 0.0776. The van der Waals surface area contributed by atoms with Crippen molar-refractivity contribution in [3.8, 4) is 0 Å². The molecule has 3 heteroatoms. The first-order valence-corrected chi connectivity index (χ1v) is 7.17. The second-order valence-electron chi connectivity index (χ2n) is 5.94. The third-order valence-electron chi connectivity index (χ3n) is 3.00. The monoisotopic (exact) mass is 261 g/mol. The second-order valence-corrected chi connectivity index (χ2v) is 5.94. The van der Waals surface area contributed by atoms with Crippen LogP contribution in [-0.2, 0) is 5.41 Å². The minimum Gasteiger partial charge on any atom is -0.245 e. The molecule has 0 radical (unpaired) electrons. The lowest BCUT2D eigenvalue weighted by Gasteiger charge is -2.18. The summed E-state index contributed by atoms with van der Waals surface area (Å²) in [6, 6.07) is 4.60. The summed E-state index contributed by atoms with van der Waals surface area (Å²) in [5, 5.41) is 5.73. The molecule has 0 bridgehead atoms. The number of nitrogens with zero attached hydrogens (tertiary/aromatic N) is 3. The average molecular weight is 261 g/mol. The zero-order valence-electron chi connectivity index (χ0n) is 13.6. The molecule has 0 fully saturated rings. The van der Waals surface area contributed by atoms with Crippen LogP contribution in [0.25, 0.3) is 11.0 Å². The molecular weight excluding hydrogens is 234 g/mol. The maximum Gasteiger partial charge on any atom is 0.158 e. The third kappa shape index (κ3) is 3.14. The highest BCUT2D eigenvalue weighted by molar-refractivity contribution is 5.78. The summed E-state index contributed by atoms with van der Waals surface area (Å²) in [5.41, 5.74) is 3.26. The Morgan fingerprint density at radius 1 is 1.11 bits per heavy atom. The van der Waals surface area contributed by atoms with Crippen LogP contribution < -0.4 is 0 Å².